The molecule has 0 spiro atoms. The average molecular weight is 236 g/mol. The molecule has 2 N–H and O–H groups in total. The van der Waals surface area contributed by atoms with Crippen molar-refractivity contribution in [3.8, 4) is 0 Å². The van der Waals surface area contributed by atoms with Crippen LogP contribution in [0.15, 0.2) is 24.3 Å². The molecular weight excluding hydrogens is 215 g/mol. The number of halogens is 1. The Kier molecular flexibility index (Phi) is 4.95. The van der Waals surface area contributed by atoms with Crippen LogP contribution in [0.25, 0.3) is 0 Å². The van der Waals surface area contributed by atoms with Crippen LogP contribution < -0.4 is 10.6 Å². The van der Waals surface area contributed by atoms with Gasteiger partial charge in [0.25, 0.3) is 0 Å². The third-order valence-electron chi connectivity index (χ3n) is 3.04. The van der Waals surface area contributed by atoms with Crippen molar-refractivity contribution in [3.63, 3.8) is 0 Å². The first-order valence-electron chi connectivity index (χ1n) is 6.53. The molecule has 0 unspecified atom stereocenters. The van der Waals surface area contributed by atoms with Crippen LogP contribution in [0, 0.1) is 5.82 Å². The smallest absolute Gasteiger partial charge is 0.123 e. The van der Waals surface area contributed by atoms with Gasteiger partial charge < -0.3 is 10.6 Å². The predicted molar refractivity (Wildman–Crippen MR) is 68.6 cm³/mol. The van der Waals surface area contributed by atoms with E-state index in [0.29, 0.717) is 0 Å². The highest BCUT2D eigenvalue weighted by molar-refractivity contribution is 5.16. The highest BCUT2D eigenvalue weighted by Crippen LogP contribution is 2.18. The molecule has 2 rings (SSSR count). The van der Waals surface area contributed by atoms with Gasteiger partial charge in [-0.2, -0.15) is 0 Å². The molecule has 0 amide bonds. The summed E-state index contributed by atoms with van der Waals surface area (Å²) in [4.78, 5) is 0. The molecule has 0 bridgehead atoms. The van der Waals surface area contributed by atoms with Gasteiger partial charge in [0, 0.05) is 6.04 Å². The van der Waals surface area contributed by atoms with E-state index in [4.69, 9.17) is 0 Å². The van der Waals surface area contributed by atoms with Crippen LogP contribution in [0.4, 0.5) is 4.39 Å². The quantitative estimate of drug-likeness (QED) is 0.675. The minimum Gasteiger partial charge on any atom is -0.316 e. The van der Waals surface area contributed by atoms with Crippen LogP contribution in [0.3, 0.4) is 0 Å². The molecule has 1 aromatic rings. The van der Waals surface area contributed by atoms with Gasteiger partial charge in [-0.25, -0.2) is 4.39 Å². The average Bonchev–Trinajstić information content (AvgIpc) is 3.14. The first-order valence-corrected chi connectivity index (χ1v) is 6.53. The van der Waals surface area contributed by atoms with Crippen molar-refractivity contribution < 1.29 is 4.39 Å². The molecule has 1 fully saturated rings. The summed E-state index contributed by atoms with van der Waals surface area (Å²) < 4.78 is 12.7. The van der Waals surface area contributed by atoms with Gasteiger partial charge in [-0.3, -0.25) is 0 Å². The summed E-state index contributed by atoms with van der Waals surface area (Å²) >= 11 is 0. The van der Waals surface area contributed by atoms with Gasteiger partial charge in [-0.1, -0.05) is 12.1 Å². The Morgan fingerprint density at radius 1 is 1.06 bits per heavy atom. The van der Waals surface area contributed by atoms with E-state index in [0.717, 1.165) is 32.1 Å². The molecule has 1 aromatic carbocycles. The summed E-state index contributed by atoms with van der Waals surface area (Å²) in [6.07, 6.45) is 4.87. The second-order valence-corrected chi connectivity index (χ2v) is 4.71. The van der Waals surface area contributed by atoms with Gasteiger partial charge in [0.05, 0.1) is 0 Å². The second-order valence-electron chi connectivity index (χ2n) is 4.71. The molecule has 0 aliphatic heterocycles. The van der Waals surface area contributed by atoms with Crippen molar-refractivity contribution in [1.82, 2.24) is 10.6 Å². The molecule has 1 aliphatic rings. The Bertz CT molecular complexity index is 319. The van der Waals surface area contributed by atoms with Crippen LogP contribution in [-0.2, 0) is 6.42 Å². The molecule has 1 saturated carbocycles. The lowest BCUT2D eigenvalue weighted by atomic mass is 10.1. The molecule has 0 aromatic heterocycles. The molecular formula is C14H21FN2. The number of hydrogen-bond donors (Lipinski definition) is 2. The molecule has 1 aliphatic carbocycles. The zero-order valence-corrected chi connectivity index (χ0v) is 10.2. The Balaban J connectivity index is 1.46. The van der Waals surface area contributed by atoms with E-state index in [-0.39, 0.29) is 5.82 Å². The second kappa shape index (κ2) is 6.72. The highest BCUT2D eigenvalue weighted by Gasteiger charge is 2.19. The minimum atomic E-state index is -0.159. The van der Waals surface area contributed by atoms with Crippen molar-refractivity contribution in [2.45, 2.75) is 31.7 Å². The zero-order chi connectivity index (χ0) is 11.9. The van der Waals surface area contributed by atoms with Crippen molar-refractivity contribution >= 4 is 0 Å². The number of hydrogen-bond acceptors (Lipinski definition) is 2. The van der Waals surface area contributed by atoms with Gasteiger partial charge in [0.2, 0.25) is 0 Å². The maximum Gasteiger partial charge on any atom is 0.123 e. The van der Waals surface area contributed by atoms with E-state index >= 15 is 0 Å². The van der Waals surface area contributed by atoms with Gasteiger partial charge in [-0.15, -0.1) is 0 Å². The number of rotatable bonds is 8. The Hall–Kier alpha value is -0.930. The third kappa shape index (κ3) is 5.29. The summed E-state index contributed by atoms with van der Waals surface area (Å²) in [5, 5.41) is 6.90. The summed E-state index contributed by atoms with van der Waals surface area (Å²) in [7, 11) is 0. The van der Waals surface area contributed by atoms with Gasteiger partial charge >= 0.3 is 0 Å². The zero-order valence-electron chi connectivity index (χ0n) is 10.2. The Morgan fingerprint density at radius 2 is 1.82 bits per heavy atom. The van der Waals surface area contributed by atoms with E-state index in [1.807, 2.05) is 12.1 Å². The third-order valence-corrected chi connectivity index (χ3v) is 3.04. The van der Waals surface area contributed by atoms with Crippen LogP contribution in [0.5, 0.6) is 0 Å². The summed E-state index contributed by atoms with van der Waals surface area (Å²) in [6, 6.07) is 7.57. The summed E-state index contributed by atoms with van der Waals surface area (Å²) in [5.74, 6) is -0.159. The Labute approximate surface area is 103 Å². The topological polar surface area (TPSA) is 24.1 Å². The predicted octanol–water partition coefficient (Wildman–Crippen LogP) is 2.10. The lowest BCUT2D eigenvalue weighted by Gasteiger charge is -2.05. The first kappa shape index (κ1) is 12.5. The fraction of sp³-hybridized carbons (Fsp3) is 0.571. The number of benzene rings is 1. The normalized spacial score (nSPS) is 15.1. The lowest BCUT2D eigenvalue weighted by molar-refractivity contribution is 0.593. The van der Waals surface area contributed by atoms with Crippen molar-refractivity contribution in [2.75, 3.05) is 19.6 Å². The maximum absolute atomic E-state index is 12.7. The van der Waals surface area contributed by atoms with Crippen molar-refractivity contribution in [1.29, 1.82) is 0 Å². The summed E-state index contributed by atoms with van der Waals surface area (Å²) in [5.41, 5.74) is 1.19. The monoisotopic (exact) mass is 236 g/mol. The molecule has 17 heavy (non-hydrogen) atoms. The van der Waals surface area contributed by atoms with E-state index in [1.54, 1.807) is 0 Å². The molecule has 3 heteroatoms. The largest absolute Gasteiger partial charge is 0.316 e. The SMILES string of the molecule is Fc1ccc(CCNCCCNC2CC2)cc1. The van der Waals surface area contributed by atoms with Crippen LogP contribution in [-0.4, -0.2) is 25.7 Å². The van der Waals surface area contributed by atoms with Gasteiger partial charge in [0.15, 0.2) is 0 Å². The minimum absolute atomic E-state index is 0.159. The molecule has 0 heterocycles. The van der Waals surface area contributed by atoms with Crippen LogP contribution >= 0.6 is 0 Å². The molecule has 0 radical (unpaired) electrons. The molecule has 0 saturated heterocycles. The van der Waals surface area contributed by atoms with E-state index < -0.39 is 0 Å². The first-order chi connectivity index (χ1) is 8.34. The van der Waals surface area contributed by atoms with E-state index in [2.05, 4.69) is 10.6 Å². The fourth-order valence-electron chi connectivity index (χ4n) is 1.82. The van der Waals surface area contributed by atoms with Crippen molar-refractivity contribution in [2.24, 2.45) is 0 Å². The Morgan fingerprint density at radius 3 is 2.53 bits per heavy atom. The van der Waals surface area contributed by atoms with Crippen LogP contribution in [0.1, 0.15) is 24.8 Å². The number of nitrogens with one attached hydrogen (secondary N) is 2. The van der Waals surface area contributed by atoms with Gasteiger partial charge in [0.1, 0.15) is 5.82 Å². The molecule has 0 atom stereocenters. The maximum atomic E-state index is 12.7. The standard InChI is InChI=1S/C14H21FN2/c15-13-4-2-12(3-5-13)8-11-16-9-1-10-17-14-6-7-14/h2-5,14,16-17H,1,6-11H2. The fourth-order valence-corrected chi connectivity index (χ4v) is 1.82. The summed E-state index contributed by atoms with van der Waals surface area (Å²) in [6.45, 7) is 3.14. The molecule has 2 nitrogen and oxygen atoms in total. The van der Waals surface area contributed by atoms with Crippen molar-refractivity contribution in [3.05, 3.63) is 35.6 Å². The highest BCUT2D eigenvalue weighted by atomic mass is 19.1. The van der Waals surface area contributed by atoms with E-state index in [1.165, 1.54) is 37.0 Å². The lowest BCUT2D eigenvalue weighted by Crippen LogP contribution is -2.24. The van der Waals surface area contributed by atoms with Gasteiger partial charge in [-0.05, 0) is 63.0 Å². The molecule has 94 valence electrons. The van der Waals surface area contributed by atoms with Crippen LogP contribution in [0.2, 0.25) is 0 Å². The van der Waals surface area contributed by atoms with E-state index in [9.17, 15) is 4.39 Å².